The Balaban J connectivity index is 2.79. The SMILES string of the molecule is COCCN(CCN)c1ccc(C(=O)N(C)C)nn1. The second-order valence-corrected chi connectivity index (χ2v) is 4.24. The van der Waals surface area contributed by atoms with E-state index in [4.69, 9.17) is 10.5 Å². The van der Waals surface area contributed by atoms with Crippen LogP contribution in [0.1, 0.15) is 10.5 Å². The van der Waals surface area contributed by atoms with Gasteiger partial charge in [0.15, 0.2) is 11.5 Å². The number of carbonyl (C=O) groups excluding carboxylic acids is 1. The zero-order valence-corrected chi connectivity index (χ0v) is 11.7. The van der Waals surface area contributed by atoms with Crippen molar-refractivity contribution in [1.82, 2.24) is 15.1 Å². The maximum absolute atomic E-state index is 11.7. The van der Waals surface area contributed by atoms with E-state index < -0.39 is 0 Å². The third-order valence-electron chi connectivity index (χ3n) is 2.56. The zero-order chi connectivity index (χ0) is 14.3. The molecular formula is C12H21N5O2. The number of methoxy groups -OCH3 is 1. The van der Waals surface area contributed by atoms with Crippen LogP contribution in [0.4, 0.5) is 5.82 Å². The predicted octanol–water partition coefficient (Wildman–Crippen LogP) is -0.410. The lowest BCUT2D eigenvalue weighted by Crippen LogP contribution is -2.33. The van der Waals surface area contributed by atoms with E-state index >= 15 is 0 Å². The Bertz CT molecular complexity index is 394. The Morgan fingerprint density at radius 2 is 2.05 bits per heavy atom. The molecule has 0 unspecified atom stereocenters. The van der Waals surface area contributed by atoms with Crippen molar-refractivity contribution in [2.45, 2.75) is 0 Å². The van der Waals surface area contributed by atoms with Gasteiger partial charge < -0.3 is 20.3 Å². The molecule has 1 rings (SSSR count). The quantitative estimate of drug-likeness (QED) is 0.723. The highest BCUT2D eigenvalue weighted by molar-refractivity contribution is 5.91. The lowest BCUT2D eigenvalue weighted by atomic mass is 10.3. The standard InChI is InChI=1S/C12H21N5O2/c1-16(2)12(18)10-4-5-11(15-14-10)17(7-6-13)8-9-19-3/h4-5H,6-9,13H2,1-3H3. The summed E-state index contributed by atoms with van der Waals surface area (Å²) >= 11 is 0. The van der Waals surface area contributed by atoms with E-state index in [-0.39, 0.29) is 5.91 Å². The zero-order valence-electron chi connectivity index (χ0n) is 11.7. The number of carbonyl (C=O) groups is 1. The van der Waals surface area contributed by atoms with Crippen LogP contribution in [0.2, 0.25) is 0 Å². The van der Waals surface area contributed by atoms with Crippen molar-refractivity contribution >= 4 is 11.7 Å². The maximum Gasteiger partial charge on any atom is 0.273 e. The van der Waals surface area contributed by atoms with E-state index in [1.807, 2.05) is 4.90 Å². The molecule has 19 heavy (non-hydrogen) atoms. The Morgan fingerprint density at radius 3 is 2.53 bits per heavy atom. The molecular weight excluding hydrogens is 246 g/mol. The Morgan fingerprint density at radius 1 is 1.32 bits per heavy atom. The van der Waals surface area contributed by atoms with Crippen molar-refractivity contribution in [3.63, 3.8) is 0 Å². The average molecular weight is 267 g/mol. The summed E-state index contributed by atoms with van der Waals surface area (Å²) in [7, 11) is 5.00. The molecule has 0 aliphatic heterocycles. The molecule has 7 nitrogen and oxygen atoms in total. The molecule has 1 aromatic rings. The van der Waals surface area contributed by atoms with Crippen molar-refractivity contribution in [3.8, 4) is 0 Å². The first kappa shape index (κ1) is 15.3. The third kappa shape index (κ3) is 4.46. The number of ether oxygens (including phenoxy) is 1. The Hall–Kier alpha value is -1.73. The molecule has 0 atom stereocenters. The molecule has 0 saturated heterocycles. The maximum atomic E-state index is 11.7. The van der Waals surface area contributed by atoms with Crippen LogP contribution < -0.4 is 10.6 Å². The second-order valence-electron chi connectivity index (χ2n) is 4.24. The minimum Gasteiger partial charge on any atom is -0.383 e. The van der Waals surface area contributed by atoms with Gasteiger partial charge in [0, 0.05) is 40.8 Å². The summed E-state index contributed by atoms with van der Waals surface area (Å²) in [6.07, 6.45) is 0. The van der Waals surface area contributed by atoms with Gasteiger partial charge in [-0.2, -0.15) is 0 Å². The topological polar surface area (TPSA) is 84.6 Å². The van der Waals surface area contributed by atoms with Gasteiger partial charge in [0.1, 0.15) is 0 Å². The molecule has 1 amide bonds. The summed E-state index contributed by atoms with van der Waals surface area (Å²) in [4.78, 5) is 15.1. The Kier molecular flexibility index (Phi) is 6.17. The summed E-state index contributed by atoms with van der Waals surface area (Å²) in [5.74, 6) is 0.527. The van der Waals surface area contributed by atoms with Gasteiger partial charge >= 0.3 is 0 Å². The van der Waals surface area contributed by atoms with Crippen LogP contribution in [0.25, 0.3) is 0 Å². The van der Waals surface area contributed by atoms with Crippen LogP contribution in [0.5, 0.6) is 0 Å². The van der Waals surface area contributed by atoms with Crippen LogP contribution in [-0.4, -0.2) is 68.5 Å². The normalized spacial score (nSPS) is 10.3. The van der Waals surface area contributed by atoms with Crippen molar-refractivity contribution in [1.29, 1.82) is 0 Å². The van der Waals surface area contributed by atoms with E-state index in [0.717, 1.165) is 0 Å². The summed E-state index contributed by atoms with van der Waals surface area (Å²) in [5, 5.41) is 8.02. The fourth-order valence-electron chi connectivity index (χ4n) is 1.54. The highest BCUT2D eigenvalue weighted by atomic mass is 16.5. The van der Waals surface area contributed by atoms with Crippen LogP contribution >= 0.6 is 0 Å². The molecule has 0 fully saturated rings. The van der Waals surface area contributed by atoms with E-state index in [1.165, 1.54) is 4.90 Å². The van der Waals surface area contributed by atoms with Gasteiger partial charge in [0.05, 0.1) is 6.61 Å². The first-order chi connectivity index (χ1) is 9.10. The summed E-state index contributed by atoms with van der Waals surface area (Å²) in [6, 6.07) is 3.44. The molecule has 2 N–H and O–H groups in total. The van der Waals surface area contributed by atoms with Crippen molar-refractivity contribution < 1.29 is 9.53 Å². The molecule has 0 aromatic carbocycles. The van der Waals surface area contributed by atoms with Gasteiger partial charge in [-0.3, -0.25) is 4.79 Å². The molecule has 7 heteroatoms. The minimum absolute atomic E-state index is 0.165. The van der Waals surface area contributed by atoms with E-state index in [9.17, 15) is 4.79 Å². The monoisotopic (exact) mass is 267 g/mol. The fourth-order valence-corrected chi connectivity index (χ4v) is 1.54. The van der Waals surface area contributed by atoms with Crippen molar-refractivity contribution in [2.75, 3.05) is 52.3 Å². The summed E-state index contributed by atoms with van der Waals surface area (Å²) < 4.78 is 5.04. The number of hydrogen-bond acceptors (Lipinski definition) is 6. The van der Waals surface area contributed by atoms with Crippen molar-refractivity contribution in [3.05, 3.63) is 17.8 Å². The Labute approximate surface area is 113 Å². The third-order valence-corrected chi connectivity index (χ3v) is 2.56. The largest absolute Gasteiger partial charge is 0.383 e. The predicted molar refractivity (Wildman–Crippen MR) is 73.2 cm³/mol. The van der Waals surface area contributed by atoms with Gasteiger partial charge in [-0.05, 0) is 12.1 Å². The van der Waals surface area contributed by atoms with Crippen LogP contribution in [0.3, 0.4) is 0 Å². The fraction of sp³-hybridized carbons (Fsp3) is 0.583. The number of nitrogens with zero attached hydrogens (tertiary/aromatic N) is 4. The number of rotatable bonds is 7. The first-order valence-electron chi connectivity index (χ1n) is 6.09. The molecule has 0 aliphatic rings. The van der Waals surface area contributed by atoms with Crippen LogP contribution in [0, 0.1) is 0 Å². The van der Waals surface area contributed by atoms with Gasteiger partial charge in [-0.15, -0.1) is 10.2 Å². The van der Waals surface area contributed by atoms with E-state index in [0.29, 0.717) is 37.8 Å². The smallest absolute Gasteiger partial charge is 0.273 e. The first-order valence-corrected chi connectivity index (χ1v) is 6.09. The highest BCUT2D eigenvalue weighted by Gasteiger charge is 2.12. The van der Waals surface area contributed by atoms with E-state index in [1.54, 1.807) is 33.3 Å². The summed E-state index contributed by atoms with van der Waals surface area (Å²) in [5.41, 5.74) is 5.89. The van der Waals surface area contributed by atoms with Crippen LogP contribution in [-0.2, 0) is 4.74 Å². The molecule has 0 spiro atoms. The molecule has 0 bridgehead atoms. The number of anilines is 1. The van der Waals surface area contributed by atoms with Gasteiger partial charge in [0.2, 0.25) is 0 Å². The van der Waals surface area contributed by atoms with Gasteiger partial charge in [0.25, 0.3) is 5.91 Å². The number of hydrogen-bond donors (Lipinski definition) is 1. The number of amides is 1. The van der Waals surface area contributed by atoms with Crippen molar-refractivity contribution in [2.24, 2.45) is 5.73 Å². The molecule has 1 aromatic heterocycles. The average Bonchev–Trinajstić information content (AvgIpc) is 2.42. The summed E-state index contributed by atoms with van der Waals surface area (Å²) in [6.45, 7) is 2.45. The molecule has 1 heterocycles. The molecule has 0 saturated carbocycles. The molecule has 0 aliphatic carbocycles. The molecule has 106 valence electrons. The van der Waals surface area contributed by atoms with Gasteiger partial charge in [-0.1, -0.05) is 0 Å². The van der Waals surface area contributed by atoms with Gasteiger partial charge in [-0.25, -0.2) is 0 Å². The minimum atomic E-state index is -0.165. The number of aromatic nitrogens is 2. The van der Waals surface area contributed by atoms with E-state index in [2.05, 4.69) is 10.2 Å². The van der Waals surface area contributed by atoms with Crippen LogP contribution in [0.15, 0.2) is 12.1 Å². The highest BCUT2D eigenvalue weighted by Crippen LogP contribution is 2.09. The number of nitrogens with two attached hydrogens (primary N) is 1. The molecule has 0 radical (unpaired) electrons. The second kappa shape index (κ2) is 7.65. The lowest BCUT2D eigenvalue weighted by molar-refractivity contribution is 0.0821. The lowest BCUT2D eigenvalue weighted by Gasteiger charge is -2.22.